The standard InChI is InChI=1S/C30H31N3O5/c1-18-17-30-24(23(29(18,2)38-30)26(35)31-21-10-4-3-5-11-21)28(37)33(14-15-34)25(30)27(36)32-22-13-12-19-8-6-7-9-20(19)16-22/h3-13,16,18,23-25,34H,14-15,17H2,1-2H3,(H,31,35)(H,32,36)/t18?,23-,24+,25?,29+,30?/m1/s1. The highest BCUT2D eigenvalue weighted by Crippen LogP contribution is 2.65. The lowest BCUT2D eigenvalue weighted by molar-refractivity contribution is -0.144. The fraction of sp³-hybridized carbons (Fsp3) is 0.367. The number of ether oxygens (including phenoxy) is 1. The molecular weight excluding hydrogens is 482 g/mol. The summed E-state index contributed by atoms with van der Waals surface area (Å²) in [4.78, 5) is 42.9. The zero-order valence-corrected chi connectivity index (χ0v) is 21.4. The maximum atomic E-state index is 13.9. The van der Waals surface area contributed by atoms with E-state index in [0.717, 1.165) is 10.8 Å². The number of fused-ring (bicyclic) bond motifs is 2. The molecule has 3 aromatic rings. The van der Waals surface area contributed by atoms with Crippen LogP contribution in [-0.2, 0) is 19.1 Å². The number of amides is 3. The number of rotatable bonds is 6. The molecule has 8 nitrogen and oxygen atoms in total. The van der Waals surface area contributed by atoms with Crippen molar-refractivity contribution in [3.05, 3.63) is 72.8 Å². The van der Waals surface area contributed by atoms with Gasteiger partial charge >= 0.3 is 0 Å². The highest BCUT2D eigenvalue weighted by atomic mass is 16.5. The van der Waals surface area contributed by atoms with Crippen LogP contribution in [0.15, 0.2) is 72.8 Å². The number of nitrogens with zero attached hydrogens (tertiary/aromatic N) is 1. The van der Waals surface area contributed by atoms with Crippen molar-refractivity contribution in [2.75, 3.05) is 23.8 Å². The van der Waals surface area contributed by atoms with E-state index in [-0.39, 0.29) is 36.8 Å². The van der Waals surface area contributed by atoms with E-state index in [1.807, 2.05) is 74.5 Å². The van der Waals surface area contributed by atoms with Crippen LogP contribution in [0.5, 0.6) is 0 Å². The lowest BCUT2D eigenvalue weighted by Gasteiger charge is -2.36. The van der Waals surface area contributed by atoms with Gasteiger partial charge in [-0.25, -0.2) is 0 Å². The Morgan fingerprint density at radius 3 is 2.39 bits per heavy atom. The van der Waals surface area contributed by atoms with Crippen LogP contribution < -0.4 is 10.6 Å². The molecule has 3 amide bonds. The van der Waals surface area contributed by atoms with Crippen LogP contribution in [0, 0.1) is 17.8 Å². The van der Waals surface area contributed by atoms with E-state index >= 15 is 0 Å². The van der Waals surface area contributed by atoms with Gasteiger partial charge in [-0.2, -0.15) is 0 Å². The molecule has 3 fully saturated rings. The molecule has 0 aromatic heterocycles. The van der Waals surface area contributed by atoms with E-state index < -0.39 is 29.1 Å². The van der Waals surface area contributed by atoms with Gasteiger partial charge in [0.2, 0.25) is 17.7 Å². The summed E-state index contributed by atoms with van der Waals surface area (Å²) in [7, 11) is 0. The third kappa shape index (κ3) is 3.55. The fourth-order valence-corrected chi connectivity index (χ4v) is 7.01. The number of carbonyl (C=O) groups excluding carboxylic acids is 3. The van der Waals surface area contributed by atoms with Crippen LogP contribution in [0.4, 0.5) is 11.4 Å². The molecule has 0 radical (unpaired) electrons. The van der Waals surface area contributed by atoms with Gasteiger partial charge in [-0.05, 0) is 54.3 Å². The topological polar surface area (TPSA) is 108 Å². The molecular formula is C30H31N3O5. The number of hydrogen-bond donors (Lipinski definition) is 3. The van der Waals surface area contributed by atoms with Gasteiger partial charge in [0.25, 0.3) is 0 Å². The van der Waals surface area contributed by atoms with Crippen LogP contribution in [0.1, 0.15) is 20.3 Å². The monoisotopic (exact) mass is 513 g/mol. The zero-order valence-electron chi connectivity index (χ0n) is 21.4. The molecule has 6 atom stereocenters. The molecule has 3 unspecified atom stereocenters. The average Bonchev–Trinajstić information content (AvgIpc) is 3.41. The van der Waals surface area contributed by atoms with E-state index in [1.165, 1.54) is 4.90 Å². The highest BCUT2D eigenvalue weighted by molar-refractivity contribution is 6.06. The maximum absolute atomic E-state index is 13.9. The number of aliphatic hydroxyl groups is 1. The van der Waals surface area contributed by atoms with Gasteiger partial charge < -0.3 is 25.4 Å². The summed E-state index contributed by atoms with van der Waals surface area (Å²) in [6.07, 6.45) is 0.465. The van der Waals surface area contributed by atoms with Crippen LogP contribution in [0.2, 0.25) is 0 Å². The maximum Gasteiger partial charge on any atom is 0.250 e. The molecule has 8 heteroatoms. The summed E-state index contributed by atoms with van der Waals surface area (Å²) in [5, 5.41) is 17.8. The van der Waals surface area contributed by atoms with Crippen molar-refractivity contribution in [3.63, 3.8) is 0 Å². The highest BCUT2D eigenvalue weighted by Gasteiger charge is 2.79. The van der Waals surface area contributed by atoms with Gasteiger partial charge in [-0.15, -0.1) is 0 Å². The Hall–Kier alpha value is -3.75. The van der Waals surface area contributed by atoms with Crippen molar-refractivity contribution in [3.8, 4) is 0 Å². The van der Waals surface area contributed by atoms with Crippen molar-refractivity contribution in [2.24, 2.45) is 17.8 Å². The van der Waals surface area contributed by atoms with Crippen molar-refractivity contribution in [1.82, 2.24) is 4.90 Å². The normalized spacial score (nSPS) is 31.4. The number of carbonyl (C=O) groups is 3. The molecule has 3 heterocycles. The summed E-state index contributed by atoms with van der Waals surface area (Å²) >= 11 is 0. The summed E-state index contributed by atoms with van der Waals surface area (Å²) < 4.78 is 6.68. The lowest BCUT2D eigenvalue weighted by Crippen LogP contribution is -2.54. The lowest BCUT2D eigenvalue weighted by atomic mass is 9.62. The third-order valence-electron chi connectivity index (χ3n) is 8.74. The van der Waals surface area contributed by atoms with E-state index in [4.69, 9.17) is 4.74 Å². The number of benzene rings is 3. The molecule has 0 saturated carbocycles. The van der Waals surface area contributed by atoms with Crippen LogP contribution in [-0.4, -0.2) is 58.1 Å². The van der Waals surface area contributed by atoms with Gasteiger partial charge in [-0.1, -0.05) is 55.5 Å². The Kier molecular flexibility index (Phi) is 5.77. The molecule has 38 heavy (non-hydrogen) atoms. The fourth-order valence-electron chi connectivity index (χ4n) is 7.01. The number of aliphatic hydroxyl groups excluding tert-OH is 1. The summed E-state index contributed by atoms with van der Waals surface area (Å²) in [5.41, 5.74) is -0.838. The predicted molar refractivity (Wildman–Crippen MR) is 143 cm³/mol. The molecule has 3 saturated heterocycles. The van der Waals surface area contributed by atoms with Gasteiger partial charge in [0.05, 0.1) is 24.0 Å². The number of anilines is 2. The number of para-hydroxylation sites is 1. The average molecular weight is 514 g/mol. The quantitative estimate of drug-likeness (QED) is 0.468. The Balaban J connectivity index is 1.36. The molecule has 2 bridgehead atoms. The molecule has 3 aromatic carbocycles. The second-order valence-electron chi connectivity index (χ2n) is 10.9. The minimum absolute atomic E-state index is 0.0195. The molecule has 1 spiro atoms. The number of β-amino-alcohol motifs (C(OH)–C–C–N with tert-alkyl or cyclic N) is 1. The summed E-state index contributed by atoms with van der Waals surface area (Å²) in [6, 6.07) is 21.6. The van der Waals surface area contributed by atoms with Crippen molar-refractivity contribution in [2.45, 2.75) is 37.5 Å². The second kappa shape index (κ2) is 8.92. The summed E-state index contributed by atoms with van der Waals surface area (Å²) in [6.45, 7) is 3.56. The first kappa shape index (κ1) is 24.6. The van der Waals surface area contributed by atoms with E-state index in [0.29, 0.717) is 17.8 Å². The van der Waals surface area contributed by atoms with Gasteiger partial charge in [0.15, 0.2) is 0 Å². The Morgan fingerprint density at radius 2 is 1.66 bits per heavy atom. The number of likely N-dealkylation sites (tertiary alicyclic amines) is 1. The van der Waals surface area contributed by atoms with Crippen LogP contribution in [0.3, 0.4) is 0 Å². The van der Waals surface area contributed by atoms with E-state index in [9.17, 15) is 19.5 Å². The minimum atomic E-state index is -1.17. The first-order valence-corrected chi connectivity index (χ1v) is 13.1. The molecule has 3 aliphatic heterocycles. The summed E-state index contributed by atoms with van der Waals surface area (Å²) in [5.74, 6) is -2.69. The van der Waals surface area contributed by atoms with Gasteiger partial charge in [-0.3, -0.25) is 14.4 Å². The second-order valence-corrected chi connectivity index (χ2v) is 10.9. The van der Waals surface area contributed by atoms with Crippen molar-refractivity contribution < 1.29 is 24.2 Å². The van der Waals surface area contributed by atoms with Gasteiger partial charge in [0, 0.05) is 17.9 Å². The molecule has 196 valence electrons. The predicted octanol–water partition coefficient (Wildman–Crippen LogP) is 3.42. The minimum Gasteiger partial charge on any atom is -0.395 e. The third-order valence-corrected chi connectivity index (χ3v) is 8.74. The SMILES string of the molecule is CC1CC23O[C@]1(C)[C@@H](C(=O)Nc1ccccc1)[C@H]2C(=O)N(CCO)C3C(=O)Nc1ccc2ccccc2c1. The van der Waals surface area contributed by atoms with Crippen molar-refractivity contribution >= 4 is 39.9 Å². The van der Waals surface area contributed by atoms with E-state index in [2.05, 4.69) is 10.6 Å². The van der Waals surface area contributed by atoms with Crippen LogP contribution in [0.25, 0.3) is 10.8 Å². The largest absolute Gasteiger partial charge is 0.395 e. The van der Waals surface area contributed by atoms with Gasteiger partial charge in [0.1, 0.15) is 11.6 Å². The molecule has 6 rings (SSSR count). The number of nitrogens with one attached hydrogen (secondary N) is 2. The van der Waals surface area contributed by atoms with Crippen molar-refractivity contribution in [1.29, 1.82) is 0 Å². The first-order valence-electron chi connectivity index (χ1n) is 13.1. The van der Waals surface area contributed by atoms with E-state index in [1.54, 1.807) is 12.1 Å². The Labute approximate surface area is 221 Å². The zero-order chi connectivity index (χ0) is 26.7. The smallest absolute Gasteiger partial charge is 0.250 e. The molecule has 3 aliphatic rings. The Morgan fingerprint density at radius 1 is 0.974 bits per heavy atom. The van der Waals surface area contributed by atoms with Crippen LogP contribution >= 0.6 is 0 Å². The first-order chi connectivity index (χ1) is 18.3. The molecule has 3 N–H and O–H groups in total. The molecule has 0 aliphatic carbocycles. The Bertz CT molecular complexity index is 1430. The number of hydrogen-bond acceptors (Lipinski definition) is 5.